The fraction of sp³-hybridized carbons (Fsp3) is 0.500. The molecule has 1 aromatic rings. The second-order valence-corrected chi connectivity index (χ2v) is 6.01. The van der Waals surface area contributed by atoms with Gasteiger partial charge in [0.05, 0.1) is 0 Å². The van der Waals surface area contributed by atoms with Gasteiger partial charge in [0.2, 0.25) is 0 Å². The van der Waals surface area contributed by atoms with E-state index in [1.54, 1.807) is 0 Å². The van der Waals surface area contributed by atoms with Crippen molar-refractivity contribution in [2.45, 2.75) is 30.5 Å². The van der Waals surface area contributed by atoms with Crippen LogP contribution in [0.15, 0.2) is 28.7 Å². The molecule has 2 rings (SSSR count). The van der Waals surface area contributed by atoms with Crippen molar-refractivity contribution < 1.29 is 0 Å². The molecule has 2 heteroatoms. The SMILES string of the molecule is Brc1ccccc1CCC(Br)C1CC1. The minimum atomic E-state index is 0.731. The molecular weight excluding hydrogens is 304 g/mol. The molecule has 76 valence electrons. The van der Waals surface area contributed by atoms with Gasteiger partial charge in [-0.05, 0) is 43.2 Å². The molecular formula is C12H14Br2. The van der Waals surface area contributed by atoms with E-state index in [4.69, 9.17) is 0 Å². The quantitative estimate of drug-likeness (QED) is 0.714. The second kappa shape index (κ2) is 4.80. The molecule has 1 aromatic carbocycles. The number of hydrogen-bond donors (Lipinski definition) is 0. The molecule has 1 unspecified atom stereocenters. The van der Waals surface area contributed by atoms with Gasteiger partial charge in [-0.3, -0.25) is 0 Å². The topological polar surface area (TPSA) is 0 Å². The maximum absolute atomic E-state index is 3.77. The monoisotopic (exact) mass is 316 g/mol. The van der Waals surface area contributed by atoms with Gasteiger partial charge in [0.1, 0.15) is 0 Å². The first kappa shape index (κ1) is 10.7. The Bertz CT molecular complexity index is 305. The summed E-state index contributed by atoms with van der Waals surface area (Å²) in [6, 6.07) is 8.51. The normalized spacial score (nSPS) is 18.1. The van der Waals surface area contributed by atoms with Crippen LogP contribution in [0.25, 0.3) is 0 Å². The fourth-order valence-corrected chi connectivity index (χ4v) is 2.93. The third kappa shape index (κ3) is 2.83. The van der Waals surface area contributed by atoms with Gasteiger partial charge in [0.15, 0.2) is 0 Å². The first-order chi connectivity index (χ1) is 6.77. The number of benzene rings is 1. The van der Waals surface area contributed by atoms with Gasteiger partial charge in [-0.1, -0.05) is 50.1 Å². The lowest BCUT2D eigenvalue weighted by molar-refractivity contribution is 0.695. The summed E-state index contributed by atoms with van der Waals surface area (Å²) in [7, 11) is 0. The molecule has 0 nitrogen and oxygen atoms in total. The van der Waals surface area contributed by atoms with Crippen LogP contribution in [0.5, 0.6) is 0 Å². The Morgan fingerprint density at radius 3 is 2.64 bits per heavy atom. The largest absolute Gasteiger partial charge is 0.0888 e. The van der Waals surface area contributed by atoms with E-state index in [9.17, 15) is 0 Å². The van der Waals surface area contributed by atoms with E-state index in [1.807, 2.05) is 0 Å². The van der Waals surface area contributed by atoms with Crippen molar-refractivity contribution in [1.82, 2.24) is 0 Å². The van der Waals surface area contributed by atoms with Crippen LogP contribution < -0.4 is 0 Å². The molecule has 0 saturated heterocycles. The molecule has 1 saturated carbocycles. The van der Waals surface area contributed by atoms with Crippen molar-refractivity contribution in [1.29, 1.82) is 0 Å². The maximum Gasteiger partial charge on any atom is 0.0207 e. The smallest absolute Gasteiger partial charge is 0.0207 e. The van der Waals surface area contributed by atoms with Crippen LogP contribution in [0.2, 0.25) is 0 Å². The Morgan fingerprint density at radius 2 is 2.00 bits per heavy atom. The average Bonchev–Trinajstić information content (AvgIpc) is 2.99. The summed E-state index contributed by atoms with van der Waals surface area (Å²) >= 11 is 7.36. The van der Waals surface area contributed by atoms with Crippen molar-refractivity contribution in [2.75, 3.05) is 0 Å². The number of alkyl halides is 1. The van der Waals surface area contributed by atoms with Crippen molar-refractivity contribution in [3.8, 4) is 0 Å². The molecule has 1 aliphatic carbocycles. The highest BCUT2D eigenvalue weighted by molar-refractivity contribution is 9.10. The fourth-order valence-electron chi connectivity index (χ4n) is 1.69. The Balaban J connectivity index is 1.87. The summed E-state index contributed by atoms with van der Waals surface area (Å²) in [5.41, 5.74) is 1.43. The Kier molecular flexibility index (Phi) is 3.67. The van der Waals surface area contributed by atoms with E-state index in [0.29, 0.717) is 0 Å². The summed E-state index contributed by atoms with van der Waals surface area (Å²) in [6.07, 6.45) is 5.28. The highest BCUT2D eigenvalue weighted by Gasteiger charge is 2.28. The van der Waals surface area contributed by atoms with Gasteiger partial charge >= 0.3 is 0 Å². The lowest BCUT2D eigenvalue weighted by Crippen LogP contribution is -2.02. The van der Waals surface area contributed by atoms with Crippen molar-refractivity contribution >= 4 is 31.9 Å². The summed E-state index contributed by atoms with van der Waals surface area (Å²) in [5.74, 6) is 0.956. The van der Waals surface area contributed by atoms with Crippen LogP contribution in [-0.4, -0.2) is 4.83 Å². The van der Waals surface area contributed by atoms with E-state index < -0.39 is 0 Å². The maximum atomic E-state index is 3.77. The minimum Gasteiger partial charge on any atom is -0.0888 e. The molecule has 0 amide bonds. The van der Waals surface area contributed by atoms with Crippen LogP contribution in [0.4, 0.5) is 0 Å². The average molecular weight is 318 g/mol. The van der Waals surface area contributed by atoms with E-state index in [2.05, 4.69) is 56.1 Å². The number of hydrogen-bond acceptors (Lipinski definition) is 0. The van der Waals surface area contributed by atoms with E-state index >= 15 is 0 Å². The van der Waals surface area contributed by atoms with Gasteiger partial charge in [-0.2, -0.15) is 0 Å². The van der Waals surface area contributed by atoms with Crippen LogP contribution in [0, 0.1) is 5.92 Å². The van der Waals surface area contributed by atoms with Crippen LogP contribution >= 0.6 is 31.9 Å². The van der Waals surface area contributed by atoms with Crippen molar-refractivity contribution in [3.05, 3.63) is 34.3 Å². The third-order valence-electron chi connectivity index (χ3n) is 2.78. The van der Waals surface area contributed by atoms with Gasteiger partial charge in [-0.15, -0.1) is 0 Å². The highest BCUT2D eigenvalue weighted by Crippen LogP contribution is 2.38. The van der Waals surface area contributed by atoms with E-state index in [-0.39, 0.29) is 0 Å². The van der Waals surface area contributed by atoms with E-state index in [0.717, 1.165) is 10.7 Å². The molecule has 0 spiro atoms. The first-order valence-corrected chi connectivity index (χ1v) is 6.85. The Morgan fingerprint density at radius 1 is 1.29 bits per heavy atom. The minimum absolute atomic E-state index is 0.731. The Hall–Kier alpha value is 0.180. The molecule has 0 aliphatic heterocycles. The number of halogens is 2. The van der Waals surface area contributed by atoms with Gasteiger partial charge in [0, 0.05) is 9.30 Å². The summed E-state index contributed by atoms with van der Waals surface area (Å²) in [4.78, 5) is 0.731. The summed E-state index contributed by atoms with van der Waals surface area (Å²) in [6.45, 7) is 0. The van der Waals surface area contributed by atoms with Gasteiger partial charge < -0.3 is 0 Å². The number of rotatable bonds is 4. The number of aryl methyl sites for hydroxylation is 1. The predicted molar refractivity (Wildman–Crippen MR) is 67.9 cm³/mol. The van der Waals surface area contributed by atoms with Gasteiger partial charge in [0.25, 0.3) is 0 Å². The first-order valence-electron chi connectivity index (χ1n) is 5.15. The molecule has 1 aliphatic rings. The molecule has 1 atom stereocenters. The third-order valence-corrected chi connectivity index (χ3v) is 4.76. The standard InChI is InChI=1S/C12H14Br2/c13-11-4-2-1-3-9(11)7-8-12(14)10-5-6-10/h1-4,10,12H,5-8H2. The molecule has 1 fully saturated rings. The zero-order chi connectivity index (χ0) is 9.97. The second-order valence-electron chi connectivity index (χ2n) is 3.98. The lowest BCUT2D eigenvalue weighted by atomic mass is 10.1. The molecule has 0 aromatic heterocycles. The molecule has 14 heavy (non-hydrogen) atoms. The highest BCUT2D eigenvalue weighted by atomic mass is 79.9. The molecule has 0 heterocycles. The molecule has 0 bridgehead atoms. The summed E-state index contributed by atoms with van der Waals surface area (Å²) in [5, 5.41) is 0. The van der Waals surface area contributed by atoms with Gasteiger partial charge in [-0.25, -0.2) is 0 Å². The lowest BCUT2D eigenvalue weighted by Gasteiger charge is -2.08. The molecule has 0 N–H and O–H groups in total. The van der Waals surface area contributed by atoms with Crippen molar-refractivity contribution in [3.63, 3.8) is 0 Å². The zero-order valence-corrected chi connectivity index (χ0v) is 11.2. The molecule has 0 radical (unpaired) electrons. The Labute approximate surface area is 102 Å². The van der Waals surface area contributed by atoms with E-state index in [1.165, 1.54) is 35.7 Å². The predicted octanol–water partition coefficient (Wildman–Crippen LogP) is 4.56. The van der Waals surface area contributed by atoms with Crippen LogP contribution in [-0.2, 0) is 6.42 Å². The summed E-state index contributed by atoms with van der Waals surface area (Å²) < 4.78 is 1.25. The van der Waals surface area contributed by atoms with Crippen LogP contribution in [0.1, 0.15) is 24.8 Å². The van der Waals surface area contributed by atoms with Crippen LogP contribution in [0.3, 0.4) is 0 Å². The zero-order valence-electron chi connectivity index (χ0n) is 8.05. The van der Waals surface area contributed by atoms with Crippen molar-refractivity contribution in [2.24, 2.45) is 5.92 Å².